The summed E-state index contributed by atoms with van der Waals surface area (Å²) < 4.78 is 15.7. The summed E-state index contributed by atoms with van der Waals surface area (Å²) in [7, 11) is 2.97. The highest BCUT2D eigenvalue weighted by molar-refractivity contribution is 7.98. The van der Waals surface area contributed by atoms with E-state index >= 15 is 0 Å². The molecule has 2 aromatic heterocycles. The molecule has 0 N–H and O–H groups in total. The number of fused-ring (bicyclic) bond motifs is 1. The van der Waals surface area contributed by atoms with Crippen LogP contribution in [0.5, 0.6) is 0 Å². The first-order chi connectivity index (χ1) is 14.3. The number of benzene rings is 2. The van der Waals surface area contributed by atoms with Gasteiger partial charge in [-0.1, -0.05) is 23.7 Å². The van der Waals surface area contributed by atoms with E-state index < -0.39 is 11.2 Å². The summed E-state index contributed by atoms with van der Waals surface area (Å²) in [6.07, 6.45) is 0. The Bertz CT molecular complexity index is 1380. The Morgan fingerprint density at radius 1 is 1.03 bits per heavy atom. The van der Waals surface area contributed by atoms with Gasteiger partial charge in [-0.05, 0) is 42.0 Å². The standard InChI is InChI=1S/C21H16ClFN4O2S/c1-26-18-16(20(28)27(2)21(26)29)19(30-11-12-4-3-5-14(22)10-12)25-17(24-18)13-6-8-15(23)9-7-13/h3-10H,11H2,1-2H3. The van der Waals surface area contributed by atoms with Gasteiger partial charge in [0.15, 0.2) is 11.5 Å². The average Bonchev–Trinajstić information content (AvgIpc) is 2.74. The molecule has 30 heavy (non-hydrogen) atoms. The molecule has 0 amide bonds. The SMILES string of the molecule is Cn1c(=O)c2c(SCc3cccc(Cl)c3)nc(-c3ccc(F)cc3)nc2n(C)c1=O. The van der Waals surface area contributed by atoms with Gasteiger partial charge in [0, 0.05) is 30.4 Å². The maximum Gasteiger partial charge on any atom is 0.332 e. The zero-order valence-corrected chi connectivity index (χ0v) is 17.7. The third kappa shape index (κ3) is 3.76. The maximum absolute atomic E-state index is 13.3. The van der Waals surface area contributed by atoms with Crippen molar-refractivity contribution in [2.24, 2.45) is 14.1 Å². The minimum Gasteiger partial charge on any atom is -0.280 e. The van der Waals surface area contributed by atoms with E-state index in [1.54, 1.807) is 25.2 Å². The lowest BCUT2D eigenvalue weighted by Crippen LogP contribution is -2.37. The molecule has 2 aromatic carbocycles. The Morgan fingerprint density at radius 3 is 2.47 bits per heavy atom. The predicted octanol–water partition coefficient (Wildman–Crippen LogP) is 3.78. The van der Waals surface area contributed by atoms with Gasteiger partial charge >= 0.3 is 5.69 Å². The molecule has 0 aliphatic rings. The fourth-order valence-corrected chi connectivity index (χ4v) is 4.21. The Hall–Kier alpha value is -2.97. The topological polar surface area (TPSA) is 69.8 Å². The number of nitrogens with zero attached hydrogens (tertiary/aromatic N) is 4. The van der Waals surface area contributed by atoms with Crippen molar-refractivity contribution in [1.82, 2.24) is 19.1 Å². The Labute approximate surface area is 180 Å². The molecule has 0 aliphatic heterocycles. The summed E-state index contributed by atoms with van der Waals surface area (Å²) in [5.74, 6) is 0.442. The summed E-state index contributed by atoms with van der Waals surface area (Å²) >= 11 is 7.42. The van der Waals surface area contributed by atoms with Crippen molar-refractivity contribution in [3.05, 3.63) is 85.8 Å². The van der Waals surface area contributed by atoms with Gasteiger partial charge in [0.05, 0.1) is 0 Å². The number of hydrogen-bond acceptors (Lipinski definition) is 5. The third-order valence-electron chi connectivity index (χ3n) is 4.63. The smallest absolute Gasteiger partial charge is 0.280 e. The molecular weight excluding hydrogens is 427 g/mol. The van der Waals surface area contributed by atoms with Crippen LogP contribution in [0, 0.1) is 5.82 Å². The zero-order valence-electron chi connectivity index (χ0n) is 16.1. The van der Waals surface area contributed by atoms with Gasteiger partial charge in [-0.2, -0.15) is 0 Å². The lowest BCUT2D eigenvalue weighted by atomic mass is 10.2. The van der Waals surface area contributed by atoms with E-state index in [9.17, 15) is 14.0 Å². The van der Waals surface area contributed by atoms with E-state index in [4.69, 9.17) is 11.6 Å². The maximum atomic E-state index is 13.3. The molecule has 6 nitrogen and oxygen atoms in total. The minimum atomic E-state index is -0.484. The van der Waals surface area contributed by atoms with Crippen molar-refractivity contribution >= 4 is 34.4 Å². The minimum absolute atomic E-state index is 0.228. The highest BCUT2D eigenvalue weighted by atomic mass is 35.5. The Morgan fingerprint density at radius 2 is 1.77 bits per heavy atom. The monoisotopic (exact) mass is 442 g/mol. The van der Waals surface area contributed by atoms with Crippen LogP contribution < -0.4 is 11.2 Å². The number of aromatic nitrogens is 4. The van der Waals surface area contributed by atoms with Crippen molar-refractivity contribution < 1.29 is 4.39 Å². The van der Waals surface area contributed by atoms with E-state index in [-0.39, 0.29) is 16.9 Å². The van der Waals surface area contributed by atoms with Crippen LogP contribution in [-0.2, 0) is 19.8 Å². The van der Waals surface area contributed by atoms with Crippen molar-refractivity contribution in [3.8, 4) is 11.4 Å². The van der Waals surface area contributed by atoms with Crippen molar-refractivity contribution in [2.45, 2.75) is 10.8 Å². The van der Waals surface area contributed by atoms with Crippen LogP contribution in [-0.4, -0.2) is 19.1 Å². The first kappa shape index (κ1) is 20.3. The molecule has 0 bridgehead atoms. The molecule has 4 aromatic rings. The number of aryl methyl sites for hydroxylation is 1. The van der Waals surface area contributed by atoms with Crippen LogP contribution in [0.15, 0.2) is 63.1 Å². The molecule has 0 fully saturated rings. The second kappa shape index (κ2) is 8.04. The summed E-state index contributed by atoms with van der Waals surface area (Å²) in [4.78, 5) is 34.3. The molecule has 2 heterocycles. The van der Waals surface area contributed by atoms with Gasteiger partial charge in [0.1, 0.15) is 16.2 Å². The van der Waals surface area contributed by atoms with E-state index in [1.165, 1.54) is 35.5 Å². The number of thioether (sulfide) groups is 1. The molecule has 0 radical (unpaired) electrons. The van der Waals surface area contributed by atoms with Crippen molar-refractivity contribution in [2.75, 3.05) is 0 Å². The normalized spacial score (nSPS) is 11.2. The fraction of sp³-hybridized carbons (Fsp3) is 0.143. The van der Waals surface area contributed by atoms with Gasteiger partial charge in [-0.15, -0.1) is 11.8 Å². The molecular formula is C21H16ClFN4O2S. The van der Waals surface area contributed by atoms with E-state index in [0.717, 1.165) is 10.1 Å². The first-order valence-electron chi connectivity index (χ1n) is 8.96. The highest BCUT2D eigenvalue weighted by Gasteiger charge is 2.18. The molecule has 152 valence electrons. The molecule has 0 aliphatic carbocycles. The summed E-state index contributed by atoms with van der Waals surface area (Å²) in [6, 6.07) is 13.1. The molecule has 0 saturated carbocycles. The summed E-state index contributed by atoms with van der Waals surface area (Å²) in [5.41, 5.74) is 0.820. The van der Waals surface area contributed by atoms with Gasteiger partial charge in [0.25, 0.3) is 5.56 Å². The van der Waals surface area contributed by atoms with Gasteiger partial charge in [-0.25, -0.2) is 19.2 Å². The quantitative estimate of drug-likeness (QED) is 0.355. The van der Waals surface area contributed by atoms with Gasteiger partial charge in [0.2, 0.25) is 0 Å². The molecule has 0 atom stereocenters. The van der Waals surface area contributed by atoms with Crippen LogP contribution in [0.3, 0.4) is 0 Å². The molecule has 4 rings (SSSR count). The van der Waals surface area contributed by atoms with E-state index in [2.05, 4.69) is 9.97 Å². The van der Waals surface area contributed by atoms with Crippen LogP contribution in [0.1, 0.15) is 5.56 Å². The predicted molar refractivity (Wildman–Crippen MR) is 116 cm³/mol. The lowest BCUT2D eigenvalue weighted by Gasteiger charge is -2.12. The number of halogens is 2. The van der Waals surface area contributed by atoms with Crippen LogP contribution in [0.2, 0.25) is 5.02 Å². The second-order valence-corrected chi connectivity index (χ2v) is 8.08. The molecule has 0 spiro atoms. The first-order valence-corrected chi connectivity index (χ1v) is 10.3. The number of hydrogen-bond donors (Lipinski definition) is 0. The van der Waals surface area contributed by atoms with Crippen LogP contribution >= 0.6 is 23.4 Å². The molecule has 0 saturated heterocycles. The molecule has 0 unspecified atom stereocenters. The Kier molecular flexibility index (Phi) is 5.44. The van der Waals surface area contributed by atoms with E-state index in [1.807, 2.05) is 18.2 Å². The highest BCUT2D eigenvalue weighted by Crippen LogP contribution is 2.29. The zero-order chi connectivity index (χ0) is 21.4. The lowest BCUT2D eigenvalue weighted by molar-refractivity contribution is 0.628. The van der Waals surface area contributed by atoms with E-state index in [0.29, 0.717) is 27.2 Å². The van der Waals surface area contributed by atoms with Crippen LogP contribution in [0.4, 0.5) is 4.39 Å². The summed E-state index contributed by atoms with van der Waals surface area (Å²) in [6.45, 7) is 0. The average molecular weight is 443 g/mol. The van der Waals surface area contributed by atoms with Crippen molar-refractivity contribution in [1.29, 1.82) is 0 Å². The molecule has 9 heteroatoms. The largest absolute Gasteiger partial charge is 0.332 e. The third-order valence-corrected chi connectivity index (χ3v) is 5.92. The van der Waals surface area contributed by atoms with Gasteiger partial charge < -0.3 is 0 Å². The second-order valence-electron chi connectivity index (χ2n) is 6.68. The number of rotatable bonds is 4. The Balaban J connectivity index is 1.92. The van der Waals surface area contributed by atoms with Gasteiger partial charge in [-0.3, -0.25) is 13.9 Å². The summed E-state index contributed by atoms with van der Waals surface area (Å²) in [5, 5.41) is 1.32. The van der Waals surface area contributed by atoms with Crippen LogP contribution in [0.25, 0.3) is 22.4 Å². The van der Waals surface area contributed by atoms with Crippen molar-refractivity contribution in [3.63, 3.8) is 0 Å². The fourth-order valence-electron chi connectivity index (χ4n) is 3.04.